The number of carbonyl (C=O) groups excluding carboxylic acids is 1. The molecular weight excluding hydrogens is 462 g/mol. The van der Waals surface area contributed by atoms with Gasteiger partial charge in [0.15, 0.2) is 5.16 Å². The molecule has 0 bridgehead atoms. The first-order valence-electron chi connectivity index (χ1n) is 10.1. The fraction of sp³-hybridized carbons (Fsp3) is 0.348. The van der Waals surface area contributed by atoms with Crippen molar-refractivity contribution < 1.29 is 4.79 Å². The first-order valence-corrected chi connectivity index (χ1v) is 11.9. The highest BCUT2D eigenvalue weighted by molar-refractivity contribution is 9.10. The molecule has 1 aromatic heterocycles. The summed E-state index contributed by atoms with van der Waals surface area (Å²) in [6, 6.07) is 13.8. The molecule has 7 heteroatoms. The summed E-state index contributed by atoms with van der Waals surface area (Å²) in [4.78, 5) is 32.6. The van der Waals surface area contributed by atoms with Gasteiger partial charge >= 0.3 is 0 Å². The van der Waals surface area contributed by atoms with Crippen LogP contribution in [0.1, 0.15) is 25.0 Å². The number of carbonyl (C=O) groups is 1. The Hall–Kier alpha value is -2.12. The van der Waals surface area contributed by atoms with E-state index in [1.807, 2.05) is 35.2 Å². The second-order valence-corrected chi connectivity index (χ2v) is 9.85. The van der Waals surface area contributed by atoms with E-state index < -0.39 is 0 Å². The molecule has 156 valence electrons. The fourth-order valence-corrected chi connectivity index (χ4v) is 5.01. The number of aromatic nitrogens is 2. The van der Waals surface area contributed by atoms with Gasteiger partial charge in [-0.3, -0.25) is 14.2 Å². The maximum atomic E-state index is 13.1. The minimum atomic E-state index is -0.0585. The Morgan fingerprint density at radius 2 is 1.97 bits per heavy atom. The van der Waals surface area contributed by atoms with Crippen LogP contribution in [0.4, 0.5) is 0 Å². The number of hydrogen-bond acceptors (Lipinski definition) is 4. The lowest BCUT2D eigenvalue weighted by Gasteiger charge is -2.28. The van der Waals surface area contributed by atoms with E-state index in [1.54, 1.807) is 4.57 Å². The second-order valence-electron chi connectivity index (χ2n) is 7.99. The molecular formula is C23H24BrN3O2S. The van der Waals surface area contributed by atoms with Gasteiger partial charge in [0.25, 0.3) is 5.56 Å². The van der Waals surface area contributed by atoms with Gasteiger partial charge in [-0.25, -0.2) is 4.98 Å². The predicted octanol–water partition coefficient (Wildman–Crippen LogP) is 4.49. The number of fused-ring (bicyclic) bond motifs is 2. The van der Waals surface area contributed by atoms with Gasteiger partial charge in [0, 0.05) is 24.1 Å². The molecule has 2 heterocycles. The number of hydrogen-bond donors (Lipinski definition) is 0. The van der Waals surface area contributed by atoms with Gasteiger partial charge in [-0.1, -0.05) is 65.8 Å². The van der Waals surface area contributed by atoms with Crippen molar-refractivity contribution in [1.82, 2.24) is 14.5 Å². The first-order chi connectivity index (χ1) is 14.4. The lowest BCUT2D eigenvalue weighted by atomic mass is 10.00. The summed E-state index contributed by atoms with van der Waals surface area (Å²) in [5, 5.41) is 1.20. The van der Waals surface area contributed by atoms with E-state index in [1.165, 1.54) is 22.9 Å². The summed E-state index contributed by atoms with van der Waals surface area (Å²) >= 11 is 4.79. The lowest BCUT2D eigenvalue weighted by molar-refractivity contribution is -0.129. The fourth-order valence-electron chi connectivity index (χ4n) is 3.74. The third kappa shape index (κ3) is 4.47. The molecule has 0 saturated heterocycles. The molecule has 2 aromatic carbocycles. The number of nitrogens with zero attached hydrogens (tertiary/aromatic N) is 3. The zero-order chi connectivity index (χ0) is 21.3. The number of benzene rings is 2. The van der Waals surface area contributed by atoms with Crippen LogP contribution in [0.5, 0.6) is 0 Å². The zero-order valence-electron chi connectivity index (χ0n) is 17.1. The Bertz CT molecular complexity index is 1160. The van der Waals surface area contributed by atoms with E-state index in [9.17, 15) is 9.59 Å². The van der Waals surface area contributed by atoms with Crippen LogP contribution in [0.15, 0.2) is 56.9 Å². The molecule has 0 aliphatic carbocycles. The Labute approximate surface area is 188 Å². The smallest absolute Gasteiger partial charge is 0.262 e. The van der Waals surface area contributed by atoms with E-state index in [-0.39, 0.29) is 17.2 Å². The van der Waals surface area contributed by atoms with Crippen molar-refractivity contribution in [2.45, 2.75) is 38.5 Å². The van der Waals surface area contributed by atoms with Gasteiger partial charge in [0.1, 0.15) is 0 Å². The zero-order valence-corrected chi connectivity index (χ0v) is 19.5. The molecule has 0 radical (unpaired) electrons. The van der Waals surface area contributed by atoms with Crippen LogP contribution in [0.3, 0.4) is 0 Å². The van der Waals surface area contributed by atoms with E-state index in [2.05, 4.69) is 41.9 Å². The van der Waals surface area contributed by atoms with Crippen molar-refractivity contribution in [2.24, 2.45) is 5.92 Å². The average molecular weight is 486 g/mol. The molecule has 1 aliphatic heterocycles. The van der Waals surface area contributed by atoms with Gasteiger partial charge < -0.3 is 4.90 Å². The third-order valence-corrected chi connectivity index (χ3v) is 6.69. The SMILES string of the molecule is CC(C)Cn1c(SCC(=O)N2CCc3ccccc3C2)nc2ccc(Br)cc2c1=O. The predicted molar refractivity (Wildman–Crippen MR) is 125 cm³/mol. The minimum absolute atomic E-state index is 0.0585. The highest BCUT2D eigenvalue weighted by Gasteiger charge is 2.21. The summed E-state index contributed by atoms with van der Waals surface area (Å²) in [6.45, 7) is 6.09. The Kier molecular flexibility index (Phi) is 6.29. The number of rotatable bonds is 5. The van der Waals surface area contributed by atoms with Crippen LogP contribution >= 0.6 is 27.7 Å². The van der Waals surface area contributed by atoms with E-state index in [4.69, 9.17) is 4.98 Å². The van der Waals surface area contributed by atoms with Gasteiger partial charge in [-0.05, 0) is 41.7 Å². The first kappa shape index (κ1) is 21.1. The van der Waals surface area contributed by atoms with E-state index in [0.29, 0.717) is 35.1 Å². The second kappa shape index (κ2) is 8.94. The standard InChI is InChI=1S/C23H24BrN3O2S/c1-15(2)12-27-22(29)19-11-18(24)7-8-20(19)25-23(27)30-14-21(28)26-10-9-16-5-3-4-6-17(16)13-26/h3-8,11,15H,9-10,12-14H2,1-2H3. The molecule has 0 atom stereocenters. The van der Waals surface area contributed by atoms with E-state index in [0.717, 1.165) is 17.4 Å². The number of amides is 1. The topological polar surface area (TPSA) is 55.2 Å². The molecule has 0 spiro atoms. The van der Waals surface area contributed by atoms with Crippen LogP contribution in [0, 0.1) is 5.92 Å². The summed E-state index contributed by atoms with van der Waals surface area (Å²) in [5.41, 5.74) is 3.14. The van der Waals surface area contributed by atoms with Crippen LogP contribution in [0.25, 0.3) is 10.9 Å². The quantitative estimate of drug-likeness (QED) is 0.394. The normalized spacial score (nSPS) is 13.7. The number of thioether (sulfide) groups is 1. The molecule has 0 unspecified atom stereocenters. The maximum Gasteiger partial charge on any atom is 0.262 e. The van der Waals surface area contributed by atoms with Crippen LogP contribution in [-0.2, 0) is 24.3 Å². The molecule has 30 heavy (non-hydrogen) atoms. The van der Waals surface area contributed by atoms with Crippen molar-refractivity contribution in [1.29, 1.82) is 0 Å². The molecule has 5 nitrogen and oxygen atoms in total. The molecule has 4 rings (SSSR count). The van der Waals surface area contributed by atoms with Gasteiger partial charge in [-0.2, -0.15) is 0 Å². The van der Waals surface area contributed by atoms with Crippen molar-refractivity contribution in [3.05, 3.63) is 68.4 Å². The highest BCUT2D eigenvalue weighted by atomic mass is 79.9. The largest absolute Gasteiger partial charge is 0.337 e. The van der Waals surface area contributed by atoms with E-state index >= 15 is 0 Å². The van der Waals surface area contributed by atoms with Gasteiger partial charge in [0.2, 0.25) is 5.91 Å². The highest BCUT2D eigenvalue weighted by Crippen LogP contribution is 2.23. The summed E-state index contributed by atoms with van der Waals surface area (Å²) in [7, 11) is 0. The summed E-state index contributed by atoms with van der Waals surface area (Å²) in [6.07, 6.45) is 0.883. The molecule has 1 aliphatic rings. The summed E-state index contributed by atoms with van der Waals surface area (Å²) in [5.74, 6) is 0.646. The molecule has 0 fully saturated rings. The molecule has 1 amide bonds. The van der Waals surface area contributed by atoms with Crippen LogP contribution in [-0.4, -0.2) is 32.7 Å². The van der Waals surface area contributed by atoms with Crippen LogP contribution in [0.2, 0.25) is 0 Å². The maximum absolute atomic E-state index is 13.1. The van der Waals surface area contributed by atoms with Crippen molar-refractivity contribution in [3.8, 4) is 0 Å². The van der Waals surface area contributed by atoms with Gasteiger partial charge in [0.05, 0.1) is 16.7 Å². The molecule has 3 aromatic rings. The van der Waals surface area contributed by atoms with Crippen molar-refractivity contribution in [3.63, 3.8) is 0 Å². The minimum Gasteiger partial charge on any atom is -0.337 e. The Morgan fingerprint density at radius 3 is 2.73 bits per heavy atom. The third-order valence-electron chi connectivity index (χ3n) is 5.24. The summed E-state index contributed by atoms with van der Waals surface area (Å²) < 4.78 is 2.56. The molecule has 0 N–H and O–H groups in total. The number of halogens is 1. The Balaban J connectivity index is 1.56. The molecule has 0 saturated carbocycles. The Morgan fingerprint density at radius 1 is 1.20 bits per heavy atom. The van der Waals surface area contributed by atoms with Crippen LogP contribution < -0.4 is 5.56 Å². The van der Waals surface area contributed by atoms with Crippen molar-refractivity contribution >= 4 is 44.5 Å². The lowest BCUT2D eigenvalue weighted by Crippen LogP contribution is -2.37. The monoisotopic (exact) mass is 485 g/mol. The van der Waals surface area contributed by atoms with Gasteiger partial charge in [-0.15, -0.1) is 0 Å². The van der Waals surface area contributed by atoms with Crippen molar-refractivity contribution in [2.75, 3.05) is 12.3 Å². The average Bonchev–Trinajstić information content (AvgIpc) is 2.74.